The number of amides is 1. The van der Waals surface area contributed by atoms with Crippen LogP contribution in [0.25, 0.3) is 0 Å². The second-order valence-corrected chi connectivity index (χ2v) is 6.13. The molecule has 0 unspecified atom stereocenters. The maximum absolute atomic E-state index is 12.6. The Kier molecular flexibility index (Phi) is 4.20. The van der Waals surface area contributed by atoms with Crippen molar-refractivity contribution in [3.63, 3.8) is 0 Å². The van der Waals surface area contributed by atoms with Crippen LogP contribution in [-0.4, -0.2) is 43.0 Å². The summed E-state index contributed by atoms with van der Waals surface area (Å²) in [6, 6.07) is 2.11. The first kappa shape index (κ1) is 15.1. The van der Waals surface area contributed by atoms with Gasteiger partial charge in [0, 0.05) is 18.9 Å². The van der Waals surface area contributed by atoms with E-state index in [1.54, 1.807) is 10.9 Å². The van der Waals surface area contributed by atoms with E-state index in [4.69, 9.17) is 11.6 Å². The first-order chi connectivity index (χ1) is 10.6. The molecule has 7 heteroatoms. The summed E-state index contributed by atoms with van der Waals surface area (Å²) in [5.41, 5.74) is 1.61. The number of halogens is 1. The lowest BCUT2D eigenvalue weighted by Crippen LogP contribution is -2.40. The van der Waals surface area contributed by atoms with Gasteiger partial charge in [-0.25, -0.2) is 0 Å². The second kappa shape index (κ2) is 6.12. The summed E-state index contributed by atoms with van der Waals surface area (Å²) in [5, 5.41) is 9.21. The minimum atomic E-state index is 0.0944. The summed E-state index contributed by atoms with van der Waals surface area (Å²) in [6.07, 6.45) is 5.75. The minimum absolute atomic E-state index is 0.0944. The van der Waals surface area contributed by atoms with E-state index in [-0.39, 0.29) is 18.5 Å². The van der Waals surface area contributed by atoms with Gasteiger partial charge in [-0.05, 0) is 32.8 Å². The topological polar surface area (TPSA) is 56.0 Å². The molecule has 1 aliphatic heterocycles. The lowest BCUT2D eigenvalue weighted by molar-refractivity contribution is -0.133. The molecule has 0 aromatic carbocycles. The third-order valence-electron chi connectivity index (χ3n) is 4.23. The molecule has 1 amide bonds. The van der Waals surface area contributed by atoms with Crippen LogP contribution in [0.15, 0.2) is 18.5 Å². The molecule has 1 aliphatic rings. The van der Waals surface area contributed by atoms with Crippen LogP contribution in [-0.2, 0) is 17.9 Å². The SMILES string of the molecule is Cc1nn(CC(=O)N2CCC[C@@H]2Cn2cccn2)c(C)c1Cl. The molecular formula is C15H20ClN5O. The first-order valence-electron chi connectivity index (χ1n) is 7.52. The number of rotatable bonds is 4. The number of nitrogens with zero attached hydrogens (tertiary/aromatic N) is 5. The van der Waals surface area contributed by atoms with Gasteiger partial charge in [0.15, 0.2) is 0 Å². The summed E-state index contributed by atoms with van der Waals surface area (Å²) in [4.78, 5) is 14.6. The quantitative estimate of drug-likeness (QED) is 0.866. The van der Waals surface area contributed by atoms with Crippen molar-refractivity contribution >= 4 is 17.5 Å². The van der Waals surface area contributed by atoms with Crippen molar-refractivity contribution in [3.05, 3.63) is 34.9 Å². The van der Waals surface area contributed by atoms with Gasteiger partial charge >= 0.3 is 0 Å². The summed E-state index contributed by atoms with van der Waals surface area (Å²) in [6.45, 7) is 5.54. The third kappa shape index (κ3) is 2.88. The molecule has 0 spiro atoms. The predicted octanol–water partition coefficient (Wildman–Crippen LogP) is 2.04. The average Bonchev–Trinajstić information content (AvgIpc) is 3.20. The van der Waals surface area contributed by atoms with E-state index in [1.807, 2.05) is 35.7 Å². The molecule has 0 bridgehead atoms. The van der Waals surface area contributed by atoms with Gasteiger partial charge in [-0.3, -0.25) is 14.2 Å². The lowest BCUT2D eigenvalue weighted by Gasteiger charge is -2.25. The van der Waals surface area contributed by atoms with Gasteiger partial charge in [-0.15, -0.1) is 0 Å². The zero-order chi connectivity index (χ0) is 15.7. The van der Waals surface area contributed by atoms with Crippen LogP contribution in [0.5, 0.6) is 0 Å². The Morgan fingerprint density at radius 2 is 2.27 bits per heavy atom. The van der Waals surface area contributed by atoms with Gasteiger partial charge in [-0.2, -0.15) is 10.2 Å². The zero-order valence-corrected chi connectivity index (χ0v) is 13.6. The van der Waals surface area contributed by atoms with Crippen molar-refractivity contribution in [2.75, 3.05) is 6.54 Å². The summed E-state index contributed by atoms with van der Waals surface area (Å²) >= 11 is 6.15. The molecule has 6 nitrogen and oxygen atoms in total. The molecule has 2 aromatic rings. The molecule has 118 valence electrons. The molecule has 0 aliphatic carbocycles. The van der Waals surface area contributed by atoms with Gasteiger partial charge in [0.25, 0.3) is 0 Å². The monoisotopic (exact) mass is 321 g/mol. The number of hydrogen-bond donors (Lipinski definition) is 0. The smallest absolute Gasteiger partial charge is 0.244 e. The van der Waals surface area contributed by atoms with Crippen molar-refractivity contribution in [2.45, 2.75) is 45.8 Å². The highest BCUT2D eigenvalue weighted by atomic mass is 35.5. The normalized spacial score (nSPS) is 18.1. The molecule has 0 radical (unpaired) electrons. The van der Waals surface area contributed by atoms with E-state index in [0.717, 1.165) is 37.3 Å². The second-order valence-electron chi connectivity index (χ2n) is 5.75. The zero-order valence-electron chi connectivity index (χ0n) is 12.9. The van der Waals surface area contributed by atoms with Gasteiger partial charge in [0.05, 0.1) is 29.0 Å². The van der Waals surface area contributed by atoms with Crippen molar-refractivity contribution in [1.29, 1.82) is 0 Å². The number of hydrogen-bond acceptors (Lipinski definition) is 3. The van der Waals surface area contributed by atoms with Crippen LogP contribution in [0, 0.1) is 13.8 Å². The Labute approximate surface area is 134 Å². The van der Waals surface area contributed by atoms with Crippen molar-refractivity contribution in [1.82, 2.24) is 24.5 Å². The van der Waals surface area contributed by atoms with Crippen molar-refractivity contribution in [2.24, 2.45) is 0 Å². The maximum Gasteiger partial charge on any atom is 0.244 e. The molecule has 22 heavy (non-hydrogen) atoms. The molecule has 0 saturated carbocycles. The number of likely N-dealkylation sites (tertiary alicyclic amines) is 1. The van der Waals surface area contributed by atoms with Crippen molar-refractivity contribution in [3.8, 4) is 0 Å². The van der Waals surface area contributed by atoms with Crippen molar-refractivity contribution < 1.29 is 4.79 Å². The molecule has 0 N–H and O–H groups in total. The van der Waals surface area contributed by atoms with Crippen LogP contribution in [0.4, 0.5) is 0 Å². The molecule has 2 aromatic heterocycles. The molecule has 1 atom stereocenters. The Bertz CT molecular complexity index is 664. The Hall–Kier alpha value is -1.82. The summed E-state index contributed by atoms with van der Waals surface area (Å²) in [5.74, 6) is 0.0944. The maximum atomic E-state index is 12.6. The van der Waals surface area contributed by atoms with E-state index in [1.165, 1.54) is 0 Å². The van der Waals surface area contributed by atoms with Crippen LogP contribution < -0.4 is 0 Å². The Balaban J connectivity index is 1.69. The van der Waals surface area contributed by atoms with Gasteiger partial charge in [-0.1, -0.05) is 11.6 Å². The number of aromatic nitrogens is 4. The molecule has 3 heterocycles. The Morgan fingerprint density at radius 1 is 1.45 bits per heavy atom. The van der Waals surface area contributed by atoms with E-state index in [2.05, 4.69) is 10.2 Å². The predicted molar refractivity (Wildman–Crippen MR) is 83.7 cm³/mol. The lowest BCUT2D eigenvalue weighted by atomic mass is 10.2. The highest BCUT2D eigenvalue weighted by molar-refractivity contribution is 6.31. The standard InChI is InChI=1S/C15H20ClN5O/c1-11-15(16)12(2)21(18-11)10-14(22)20-8-3-5-13(20)9-19-7-4-6-17-19/h4,6-7,13H,3,5,8-10H2,1-2H3/t13-/m1/s1. The van der Waals surface area contributed by atoms with Gasteiger partial charge in [0.1, 0.15) is 6.54 Å². The fraction of sp³-hybridized carbons (Fsp3) is 0.533. The van der Waals surface area contributed by atoms with Gasteiger partial charge in [0.2, 0.25) is 5.91 Å². The number of carbonyl (C=O) groups is 1. The summed E-state index contributed by atoms with van der Waals surface area (Å²) < 4.78 is 3.58. The summed E-state index contributed by atoms with van der Waals surface area (Å²) in [7, 11) is 0. The molecule has 3 rings (SSSR count). The fourth-order valence-corrected chi connectivity index (χ4v) is 3.16. The van der Waals surface area contributed by atoms with Crippen LogP contribution >= 0.6 is 11.6 Å². The number of aryl methyl sites for hydroxylation is 1. The highest BCUT2D eigenvalue weighted by Gasteiger charge is 2.29. The molecule has 1 saturated heterocycles. The Morgan fingerprint density at radius 3 is 2.91 bits per heavy atom. The van der Waals surface area contributed by atoms with E-state index in [0.29, 0.717) is 5.02 Å². The number of carbonyl (C=O) groups excluding carboxylic acids is 1. The minimum Gasteiger partial charge on any atom is -0.336 e. The van der Waals surface area contributed by atoms with E-state index < -0.39 is 0 Å². The largest absolute Gasteiger partial charge is 0.336 e. The van der Waals surface area contributed by atoms with Gasteiger partial charge < -0.3 is 4.90 Å². The molecule has 1 fully saturated rings. The first-order valence-corrected chi connectivity index (χ1v) is 7.90. The van der Waals surface area contributed by atoms with Crippen LogP contribution in [0.2, 0.25) is 5.02 Å². The average molecular weight is 322 g/mol. The fourth-order valence-electron chi connectivity index (χ4n) is 3.03. The highest BCUT2D eigenvalue weighted by Crippen LogP contribution is 2.22. The van der Waals surface area contributed by atoms with Crippen LogP contribution in [0.3, 0.4) is 0 Å². The van der Waals surface area contributed by atoms with E-state index in [9.17, 15) is 4.79 Å². The van der Waals surface area contributed by atoms with Crippen LogP contribution in [0.1, 0.15) is 24.2 Å². The van der Waals surface area contributed by atoms with E-state index >= 15 is 0 Å². The third-order valence-corrected chi connectivity index (χ3v) is 4.78. The molecular weight excluding hydrogens is 302 g/mol.